The summed E-state index contributed by atoms with van der Waals surface area (Å²) in [4.78, 5) is 21.2. The van der Waals surface area contributed by atoms with Gasteiger partial charge in [-0.05, 0) is 38.0 Å². The van der Waals surface area contributed by atoms with Crippen LogP contribution >= 0.6 is 11.3 Å². The fourth-order valence-corrected chi connectivity index (χ4v) is 4.91. The van der Waals surface area contributed by atoms with Crippen LogP contribution in [0.1, 0.15) is 17.8 Å². The molecule has 0 saturated heterocycles. The van der Waals surface area contributed by atoms with Crippen LogP contribution in [0.2, 0.25) is 0 Å². The highest BCUT2D eigenvalue weighted by atomic mass is 32.1. The fourth-order valence-electron chi connectivity index (χ4n) is 4.04. The van der Waals surface area contributed by atoms with Gasteiger partial charge in [-0.15, -0.1) is 11.3 Å². The predicted octanol–water partition coefficient (Wildman–Crippen LogP) is 3.67. The van der Waals surface area contributed by atoms with Crippen LogP contribution in [0.4, 0.5) is 0 Å². The number of rotatable bonds is 6. The molecule has 5 rings (SSSR count). The van der Waals surface area contributed by atoms with Gasteiger partial charge >= 0.3 is 0 Å². The van der Waals surface area contributed by atoms with Crippen LogP contribution in [0.3, 0.4) is 0 Å². The molecule has 2 aromatic carbocycles. The lowest BCUT2D eigenvalue weighted by molar-refractivity contribution is -0.126. The Kier molecular flexibility index (Phi) is 5.44. The average molecular weight is 453 g/mol. The minimum atomic E-state index is -0.892. The first-order valence-corrected chi connectivity index (χ1v) is 11.3. The summed E-state index contributed by atoms with van der Waals surface area (Å²) in [6.45, 7) is 3.54. The maximum Gasteiger partial charge on any atom is 0.260 e. The predicted molar refractivity (Wildman–Crippen MR) is 123 cm³/mol. The third-order valence-corrected chi connectivity index (χ3v) is 6.41. The number of imidazole rings is 1. The average Bonchev–Trinajstić information content (AvgIpc) is 3.29. The zero-order valence-corrected chi connectivity index (χ0v) is 18.8. The van der Waals surface area contributed by atoms with E-state index in [0.717, 1.165) is 57.0 Å². The zero-order valence-electron chi connectivity index (χ0n) is 18.0. The number of amides is 1. The normalized spacial score (nSPS) is 14.7. The largest absolute Gasteiger partial charge is 0.491 e. The Bertz CT molecular complexity index is 1310. The molecule has 1 aliphatic rings. The summed E-state index contributed by atoms with van der Waals surface area (Å²) in [6, 6.07) is 9.87. The quantitative estimate of drug-likeness (QED) is 0.479. The number of benzene rings is 2. The number of aryl methyl sites for hydroxylation is 2. The molecule has 0 spiro atoms. The maximum absolute atomic E-state index is 11.7. The van der Waals surface area contributed by atoms with Gasteiger partial charge in [0.25, 0.3) is 5.91 Å². The maximum atomic E-state index is 11.7. The van der Waals surface area contributed by atoms with Crippen molar-refractivity contribution in [1.82, 2.24) is 14.5 Å². The van der Waals surface area contributed by atoms with Crippen molar-refractivity contribution in [2.45, 2.75) is 32.4 Å². The molecule has 1 amide bonds. The molecule has 1 atom stereocenters. The van der Waals surface area contributed by atoms with E-state index in [-0.39, 0.29) is 6.61 Å². The highest BCUT2D eigenvalue weighted by molar-refractivity contribution is 7.18. The highest BCUT2D eigenvalue weighted by Gasteiger charge is 2.23. The van der Waals surface area contributed by atoms with E-state index in [9.17, 15) is 4.79 Å². The Morgan fingerprint density at radius 1 is 1.25 bits per heavy atom. The molecule has 0 aliphatic carbocycles. The second-order valence-corrected chi connectivity index (χ2v) is 9.05. The number of aromatic nitrogens is 3. The number of fused-ring (bicyclic) bond motifs is 1. The third-order valence-electron chi connectivity index (χ3n) is 5.48. The fraction of sp³-hybridized carbons (Fsp3) is 0.348. The topological polar surface area (TPSA) is 101 Å². The summed E-state index contributed by atoms with van der Waals surface area (Å²) in [5.41, 5.74) is 9.16. The van der Waals surface area contributed by atoms with Crippen LogP contribution < -0.4 is 15.2 Å². The van der Waals surface area contributed by atoms with E-state index in [1.54, 1.807) is 17.4 Å². The second kappa shape index (κ2) is 8.40. The van der Waals surface area contributed by atoms with Gasteiger partial charge in [-0.1, -0.05) is 0 Å². The number of hydrogen-bond acceptors (Lipinski definition) is 7. The number of thiazole rings is 1. The minimum Gasteiger partial charge on any atom is -0.491 e. The number of nitrogens with zero attached hydrogens (tertiary/aromatic N) is 3. The number of nitrogens with two attached hydrogens (primary N) is 1. The van der Waals surface area contributed by atoms with E-state index in [2.05, 4.69) is 21.7 Å². The van der Waals surface area contributed by atoms with E-state index in [4.69, 9.17) is 24.9 Å². The molecule has 8 nitrogen and oxygen atoms in total. The van der Waals surface area contributed by atoms with Crippen molar-refractivity contribution in [3.8, 4) is 22.9 Å². The van der Waals surface area contributed by atoms with Gasteiger partial charge in [0.1, 0.15) is 22.8 Å². The van der Waals surface area contributed by atoms with Crippen molar-refractivity contribution in [2.24, 2.45) is 5.73 Å². The van der Waals surface area contributed by atoms with Gasteiger partial charge in [-0.2, -0.15) is 0 Å². The molecule has 0 bridgehead atoms. The van der Waals surface area contributed by atoms with Crippen LogP contribution in [-0.4, -0.2) is 46.9 Å². The van der Waals surface area contributed by atoms with E-state index in [0.29, 0.717) is 18.1 Å². The molecule has 2 aromatic heterocycles. The first-order valence-electron chi connectivity index (χ1n) is 10.5. The molecule has 0 saturated carbocycles. The number of primary amides is 1. The van der Waals surface area contributed by atoms with Crippen molar-refractivity contribution in [3.05, 3.63) is 35.3 Å². The lowest BCUT2D eigenvalue weighted by Crippen LogP contribution is -2.37. The SMILES string of the molecule is COC[C@@H](Oc1cc2c3c(c1)nc(-c1ccc4nc(C)sc4c1)n3CCCCO2)C(N)=O. The van der Waals surface area contributed by atoms with Gasteiger partial charge in [0, 0.05) is 31.4 Å². The second-order valence-electron chi connectivity index (χ2n) is 7.81. The smallest absolute Gasteiger partial charge is 0.260 e. The zero-order chi connectivity index (χ0) is 22.2. The minimum absolute atomic E-state index is 0.0670. The van der Waals surface area contributed by atoms with Gasteiger partial charge in [-0.3, -0.25) is 4.79 Å². The number of hydrogen-bond donors (Lipinski definition) is 1. The summed E-state index contributed by atoms with van der Waals surface area (Å²) in [5, 5.41) is 1.04. The molecule has 0 unspecified atom stereocenters. The Morgan fingerprint density at radius 2 is 2.12 bits per heavy atom. The molecule has 9 heteroatoms. The van der Waals surface area contributed by atoms with Gasteiger partial charge in [0.05, 0.1) is 34.0 Å². The van der Waals surface area contributed by atoms with E-state index in [1.165, 1.54) is 7.11 Å². The van der Waals surface area contributed by atoms with Crippen LogP contribution in [-0.2, 0) is 16.1 Å². The van der Waals surface area contributed by atoms with Crippen molar-refractivity contribution < 1.29 is 19.0 Å². The van der Waals surface area contributed by atoms with Gasteiger partial charge in [0.15, 0.2) is 6.10 Å². The summed E-state index contributed by atoms with van der Waals surface area (Å²) in [7, 11) is 1.50. The van der Waals surface area contributed by atoms with Crippen molar-refractivity contribution in [2.75, 3.05) is 20.3 Å². The summed E-state index contributed by atoms with van der Waals surface area (Å²) < 4.78 is 20.3. The molecule has 4 aromatic rings. The summed E-state index contributed by atoms with van der Waals surface area (Å²) in [6.07, 6.45) is 1.04. The summed E-state index contributed by atoms with van der Waals surface area (Å²) >= 11 is 1.67. The Labute approximate surface area is 188 Å². The molecular formula is C23H24N4O4S. The summed E-state index contributed by atoms with van der Waals surface area (Å²) in [5.74, 6) is 1.44. The van der Waals surface area contributed by atoms with Crippen LogP contribution in [0.5, 0.6) is 11.5 Å². The number of ether oxygens (including phenoxy) is 3. The molecule has 166 valence electrons. The number of carbonyl (C=O) groups excluding carboxylic acids is 1. The van der Waals surface area contributed by atoms with E-state index < -0.39 is 12.0 Å². The Balaban J connectivity index is 1.64. The van der Waals surface area contributed by atoms with Crippen molar-refractivity contribution >= 4 is 38.5 Å². The standard InChI is InChI=1S/C23H24N4O4S/c1-13-25-16-6-5-14(9-20(16)32-13)23-26-17-10-15(31-19(12-29-2)22(24)28)11-18-21(17)27(23)7-3-4-8-30-18/h5-6,9-11,19H,3-4,7-8,12H2,1-2H3,(H2,24,28)/t19-/m1/s1. The molecule has 0 radical (unpaired) electrons. The number of carbonyl (C=O) groups is 1. The lowest BCUT2D eigenvalue weighted by atomic mass is 10.2. The van der Waals surface area contributed by atoms with Crippen LogP contribution in [0.25, 0.3) is 32.6 Å². The lowest BCUT2D eigenvalue weighted by Gasteiger charge is -2.19. The van der Waals surface area contributed by atoms with Crippen LogP contribution in [0.15, 0.2) is 30.3 Å². The van der Waals surface area contributed by atoms with Crippen LogP contribution in [0, 0.1) is 6.92 Å². The van der Waals surface area contributed by atoms with E-state index >= 15 is 0 Å². The van der Waals surface area contributed by atoms with E-state index in [1.807, 2.05) is 19.1 Å². The third kappa shape index (κ3) is 3.78. The van der Waals surface area contributed by atoms with Crippen molar-refractivity contribution in [3.63, 3.8) is 0 Å². The first-order chi connectivity index (χ1) is 15.5. The Morgan fingerprint density at radius 3 is 2.94 bits per heavy atom. The molecule has 3 heterocycles. The molecule has 2 N–H and O–H groups in total. The Hall–Kier alpha value is -3.17. The monoisotopic (exact) mass is 452 g/mol. The van der Waals surface area contributed by atoms with Gasteiger partial charge in [0.2, 0.25) is 0 Å². The van der Waals surface area contributed by atoms with Gasteiger partial charge in [-0.25, -0.2) is 9.97 Å². The first kappa shape index (κ1) is 20.7. The number of methoxy groups -OCH3 is 1. The van der Waals surface area contributed by atoms with Gasteiger partial charge < -0.3 is 24.5 Å². The molecule has 0 fully saturated rings. The highest BCUT2D eigenvalue weighted by Crippen LogP contribution is 2.37. The molecule has 32 heavy (non-hydrogen) atoms. The molecular weight excluding hydrogens is 428 g/mol. The van der Waals surface area contributed by atoms with Crippen molar-refractivity contribution in [1.29, 1.82) is 0 Å². The molecule has 1 aliphatic heterocycles.